The predicted molar refractivity (Wildman–Crippen MR) is 100.0 cm³/mol. The second kappa shape index (κ2) is 9.17. The van der Waals surface area contributed by atoms with E-state index in [-0.39, 0.29) is 5.96 Å². The minimum Gasteiger partial charge on any atom is -0.493 e. The van der Waals surface area contributed by atoms with Crippen LogP contribution in [0.15, 0.2) is 52.4 Å². The largest absolute Gasteiger partial charge is 0.493 e. The molecule has 2 rings (SSSR count). The molecule has 7 nitrogen and oxygen atoms in total. The minimum atomic E-state index is 0.201. The van der Waals surface area contributed by atoms with Crippen molar-refractivity contribution in [1.82, 2.24) is 0 Å². The molecule has 132 valence electrons. The Kier molecular flexibility index (Phi) is 6.65. The maximum absolute atomic E-state index is 5.91. The van der Waals surface area contributed by atoms with E-state index in [1.165, 1.54) is 6.34 Å². The molecular formula is C18H22N4O3. The standard InChI is InChI=1S/C18H22N4O3/c1-20-12-21-18(19)22-14-9-15(23-2)17(24-3)16(10-14)25-11-13-7-5-4-6-8-13/h4-10,12H,11H2,1-3H3,(H3,19,20,21,22). The highest BCUT2D eigenvalue weighted by Gasteiger charge is 2.14. The molecule has 0 fully saturated rings. The number of guanidine groups is 1. The van der Waals surface area contributed by atoms with Gasteiger partial charge in [0.25, 0.3) is 0 Å². The van der Waals surface area contributed by atoms with E-state index >= 15 is 0 Å². The fourth-order valence-electron chi connectivity index (χ4n) is 2.14. The zero-order valence-corrected chi connectivity index (χ0v) is 14.5. The lowest BCUT2D eigenvalue weighted by Gasteiger charge is -2.16. The first-order chi connectivity index (χ1) is 12.2. The number of nitrogens with one attached hydrogen (secondary N) is 1. The van der Waals surface area contributed by atoms with E-state index in [0.29, 0.717) is 29.5 Å². The van der Waals surface area contributed by atoms with Crippen LogP contribution < -0.4 is 25.3 Å². The second-order valence-electron chi connectivity index (χ2n) is 5.00. The third-order valence-corrected chi connectivity index (χ3v) is 3.27. The molecule has 0 amide bonds. The first-order valence-electron chi connectivity index (χ1n) is 7.61. The number of anilines is 1. The van der Waals surface area contributed by atoms with Crippen molar-refractivity contribution in [2.45, 2.75) is 6.61 Å². The maximum atomic E-state index is 5.91. The average Bonchev–Trinajstić information content (AvgIpc) is 2.65. The lowest BCUT2D eigenvalue weighted by Crippen LogP contribution is -2.22. The number of hydrogen-bond donors (Lipinski definition) is 2. The van der Waals surface area contributed by atoms with E-state index in [1.54, 1.807) is 33.4 Å². The lowest BCUT2D eigenvalue weighted by molar-refractivity contribution is 0.276. The molecular weight excluding hydrogens is 320 g/mol. The summed E-state index contributed by atoms with van der Waals surface area (Å²) < 4.78 is 16.7. The number of benzene rings is 2. The summed E-state index contributed by atoms with van der Waals surface area (Å²) in [7, 11) is 4.74. The van der Waals surface area contributed by atoms with E-state index in [2.05, 4.69) is 15.3 Å². The second-order valence-corrected chi connectivity index (χ2v) is 5.00. The first-order valence-corrected chi connectivity index (χ1v) is 7.61. The van der Waals surface area contributed by atoms with Gasteiger partial charge < -0.3 is 25.3 Å². The van der Waals surface area contributed by atoms with Crippen LogP contribution in [0.2, 0.25) is 0 Å². The van der Waals surface area contributed by atoms with Crippen LogP contribution in [0.4, 0.5) is 5.69 Å². The van der Waals surface area contributed by atoms with Gasteiger partial charge in [-0.1, -0.05) is 30.3 Å². The summed E-state index contributed by atoms with van der Waals surface area (Å²) in [5, 5.41) is 2.96. The van der Waals surface area contributed by atoms with Gasteiger partial charge in [0.05, 0.1) is 14.2 Å². The molecule has 3 N–H and O–H groups in total. The molecule has 0 heterocycles. The SMILES string of the molecule is CN=CN=C(N)Nc1cc(OC)c(OC)c(OCc2ccccc2)c1. The Bertz CT molecular complexity index is 745. The van der Waals surface area contributed by atoms with Crippen LogP contribution in [0, 0.1) is 0 Å². The number of methoxy groups -OCH3 is 2. The summed E-state index contributed by atoms with van der Waals surface area (Å²) in [4.78, 5) is 7.70. The summed E-state index contributed by atoms with van der Waals surface area (Å²) in [5.74, 6) is 1.76. The Morgan fingerprint density at radius 3 is 2.48 bits per heavy atom. The maximum Gasteiger partial charge on any atom is 0.203 e. The highest BCUT2D eigenvalue weighted by atomic mass is 16.5. The minimum absolute atomic E-state index is 0.201. The van der Waals surface area contributed by atoms with Crippen molar-refractivity contribution in [1.29, 1.82) is 0 Å². The van der Waals surface area contributed by atoms with Gasteiger partial charge in [-0.3, -0.25) is 4.99 Å². The third kappa shape index (κ3) is 5.13. The highest BCUT2D eigenvalue weighted by molar-refractivity contribution is 5.97. The van der Waals surface area contributed by atoms with Crippen molar-refractivity contribution in [3.8, 4) is 17.2 Å². The van der Waals surface area contributed by atoms with Gasteiger partial charge in [-0.2, -0.15) is 0 Å². The molecule has 2 aromatic rings. The van der Waals surface area contributed by atoms with E-state index in [1.807, 2.05) is 30.3 Å². The summed E-state index contributed by atoms with van der Waals surface area (Å²) in [6, 6.07) is 13.4. The summed E-state index contributed by atoms with van der Waals surface area (Å²) in [5.41, 5.74) is 7.51. The molecule has 0 bridgehead atoms. The number of nitrogens with two attached hydrogens (primary N) is 1. The monoisotopic (exact) mass is 342 g/mol. The molecule has 0 saturated heterocycles. The quantitative estimate of drug-likeness (QED) is 0.596. The van der Waals surface area contributed by atoms with Crippen molar-refractivity contribution in [3.05, 3.63) is 48.0 Å². The van der Waals surface area contributed by atoms with Gasteiger partial charge in [0.1, 0.15) is 12.9 Å². The fourth-order valence-corrected chi connectivity index (χ4v) is 2.14. The molecule has 7 heteroatoms. The van der Waals surface area contributed by atoms with Crippen LogP contribution >= 0.6 is 0 Å². The Hall–Kier alpha value is -3.22. The molecule has 0 aliphatic rings. The van der Waals surface area contributed by atoms with Crippen LogP contribution in [0.1, 0.15) is 5.56 Å². The van der Waals surface area contributed by atoms with E-state index in [0.717, 1.165) is 5.56 Å². The normalized spacial score (nSPS) is 11.4. The van der Waals surface area contributed by atoms with Crippen LogP contribution in [0.25, 0.3) is 0 Å². The first kappa shape index (κ1) is 18.1. The van der Waals surface area contributed by atoms with Crippen molar-refractivity contribution in [2.75, 3.05) is 26.6 Å². The van der Waals surface area contributed by atoms with E-state index in [9.17, 15) is 0 Å². The molecule has 0 aliphatic heterocycles. The fraction of sp³-hybridized carbons (Fsp3) is 0.222. The Balaban J connectivity index is 2.27. The van der Waals surface area contributed by atoms with Crippen LogP contribution in [0.5, 0.6) is 17.2 Å². The van der Waals surface area contributed by atoms with Crippen molar-refractivity contribution in [2.24, 2.45) is 15.7 Å². The molecule has 0 saturated carbocycles. The summed E-state index contributed by atoms with van der Waals surface area (Å²) >= 11 is 0. The highest BCUT2D eigenvalue weighted by Crippen LogP contribution is 2.40. The van der Waals surface area contributed by atoms with Crippen molar-refractivity contribution >= 4 is 18.0 Å². The topological polar surface area (TPSA) is 90.5 Å². The van der Waals surface area contributed by atoms with Crippen molar-refractivity contribution < 1.29 is 14.2 Å². The predicted octanol–water partition coefficient (Wildman–Crippen LogP) is 2.67. The zero-order chi connectivity index (χ0) is 18.1. The van der Waals surface area contributed by atoms with Crippen molar-refractivity contribution in [3.63, 3.8) is 0 Å². The van der Waals surface area contributed by atoms with Crippen LogP contribution in [0.3, 0.4) is 0 Å². The molecule has 2 aromatic carbocycles. The summed E-state index contributed by atoms with van der Waals surface area (Å²) in [6.07, 6.45) is 1.36. The lowest BCUT2D eigenvalue weighted by atomic mass is 10.2. The Morgan fingerprint density at radius 1 is 1.12 bits per heavy atom. The average molecular weight is 342 g/mol. The van der Waals surface area contributed by atoms with Gasteiger partial charge in [-0.25, -0.2) is 4.99 Å². The third-order valence-electron chi connectivity index (χ3n) is 3.27. The number of rotatable bonds is 7. The van der Waals surface area contributed by atoms with Gasteiger partial charge in [-0.05, 0) is 5.56 Å². The molecule has 0 unspecified atom stereocenters. The van der Waals surface area contributed by atoms with Gasteiger partial charge >= 0.3 is 0 Å². The number of nitrogens with zero attached hydrogens (tertiary/aromatic N) is 2. The molecule has 0 aliphatic carbocycles. The van der Waals surface area contributed by atoms with Gasteiger partial charge in [0, 0.05) is 24.9 Å². The smallest absolute Gasteiger partial charge is 0.203 e. The molecule has 25 heavy (non-hydrogen) atoms. The van der Waals surface area contributed by atoms with Gasteiger partial charge in [-0.15, -0.1) is 0 Å². The zero-order valence-electron chi connectivity index (χ0n) is 14.5. The van der Waals surface area contributed by atoms with Gasteiger partial charge in [0.2, 0.25) is 5.75 Å². The Morgan fingerprint density at radius 2 is 1.84 bits per heavy atom. The molecule has 0 radical (unpaired) electrons. The number of hydrogen-bond acceptors (Lipinski definition) is 4. The number of ether oxygens (including phenoxy) is 3. The Labute approximate surface area is 147 Å². The van der Waals surface area contributed by atoms with E-state index in [4.69, 9.17) is 19.9 Å². The van der Waals surface area contributed by atoms with Crippen LogP contribution in [-0.4, -0.2) is 33.6 Å². The molecule has 0 spiro atoms. The number of aliphatic imine (C=N–C) groups is 2. The molecule has 0 atom stereocenters. The summed E-state index contributed by atoms with van der Waals surface area (Å²) in [6.45, 7) is 0.399. The van der Waals surface area contributed by atoms with Gasteiger partial charge in [0.15, 0.2) is 17.5 Å². The van der Waals surface area contributed by atoms with E-state index < -0.39 is 0 Å². The van der Waals surface area contributed by atoms with Crippen LogP contribution in [-0.2, 0) is 6.61 Å². The molecule has 0 aromatic heterocycles.